The van der Waals surface area contributed by atoms with E-state index < -0.39 is 11.9 Å². The Morgan fingerprint density at radius 3 is 2.50 bits per heavy atom. The zero-order chi connectivity index (χ0) is 14.5. The number of rotatable bonds is 5. The molecule has 20 heavy (non-hydrogen) atoms. The quantitative estimate of drug-likeness (QED) is 0.819. The zero-order valence-electron chi connectivity index (χ0n) is 12.1. The first kappa shape index (κ1) is 15.7. The Bertz CT molecular complexity index is 361. The molecular weight excluding hydrogens is 274 g/mol. The van der Waals surface area contributed by atoms with E-state index in [1.807, 2.05) is 11.8 Å². The number of thioether (sulfide) groups is 1. The molecule has 2 aliphatic rings. The molecular formula is C15H25NO3S. The Kier molecular flexibility index (Phi) is 5.75. The number of nitrogens with one attached hydrogen (secondary N) is 1. The van der Waals surface area contributed by atoms with Crippen molar-refractivity contribution < 1.29 is 14.7 Å². The van der Waals surface area contributed by atoms with Gasteiger partial charge in [-0.3, -0.25) is 9.59 Å². The van der Waals surface area contributed by atoms with Crippen LogP contribution in [-0.4, -0.2) is 34.0 Å². The average molecular weight is 299 g/mol. The Morgan fingerprint density at radius 1 is 1.15 bits per heavy atom. The van der Waals surface area contributed by atoms with E-state index in [0.717, 1.165) is 44.3 Å². The second kappa shape index (κ2) is 7.34. The second-order valence-corrected chi connectivity index (χ2v) is 7.51. The summed E-state index contributed by atoms with van der Waals surface area (Å²) in [4.78, 5) is 23.6. The lowest BCUT2D eigenvalue weighted by atomic mass is 9.78. The first-order valence-electron chi connectivity index (χ1n) is 7.76. The summed E-state index contributed by atoms with van der Waals surface area (Å²) in [7, 11) is 0. The van der Waals surface area contributed by atoms with Crippen LogP contribution in [0, 0.1) is 11.8 Å². The van der Waals surface area contributed by atoms with E-state index in [2.05, 4.69) is 12.2 Å². The van der Waals surface area contributed by atoms with Gasteiger partial charge in [-0.2, -0.15) is 11.8 Å². The maximum Gasteiger partial charge on any atom is 0.307 e. The van der Waals surface area contributed by atoms with Crippen molar-refractivity contribution in [2.75, 3.05) is 5.75 Å². The molecule has 0 aromatic rings. The lowest BCUT2D eigenvalue weighted by Gasteiger charge is -2.28. The third kappa shape index (κ3) is 3.90. The highest BCUT2D eigenvalue weighted by Crippen LogP contribution is 2.33. The SMILES string of the molecule is CCSC1CCC(NC(=O)[C@@H]2CCCC[C@@H]2C(=O)O)C1. The third-order valence-corrected chi connectivity index (χ3v) is 5.79. The molecule has 2 rings (SSSR count). The van der Waals surface area contributed by atoms with Gasteiger partial charge in [-0.05, 0) is 37.9 Å². The van der Waals surface area contributed by atoms with Crippen LogP contribution in [0.1, 0.15) is 51.9 Å². The van der Waals surface area contributed by atoms with E-state index in [4.69, 9.17) is 0 Å². The Morgan fingerprint density at radius 2 is 1.85 bits per heavy atom. The van der Waals surface area contributed by atoms with Crippen molar-refractivity contribution in [1.82, 2.24) is 5.32 Å². The third-order valence-electron chi connectivity index (χ3n) is 4.55. The number of amides is 1. The molecule has 0 aliphatic heterocycles. The molecule has 1 amide bonds. The number of carboxylic acids is 1. The molecule has 2 unspecified atom stereocenters. The van der Waals surface area contributed by atoms with Crippen molar-refractivity contribution in [2.45, 2.75) is 63.2 Å². The van der Waals surface area contributed by atoms with Crippen molar-refractivity contribution in [2.24, 2.45) is 11.8 Å². The highest BCUT2D eigenvalue weighted by Gasteiger charge is 2.37. The van der Waals surface area contributed by atoms with Gasteiger partial charge in [0.05, 0.1) is 11.8 Å². The number of carbonyl (C=O) groups is 2. The molecule has 0 radical (unpaired) electrons. The fourth-order valence-corrected chi connectivity index (χ4v) is 4.65. The number of carbonyl (C=O) groups excluding carboxylic acids is 1. The molecule has 0 bridgehead atoms. The van der Waals surface area contributed by atoms with Crippen LogP contribution in [0.2, 0.25) is 0 Å². The molecule has 2 N–H and O–H groups in total. The van der Waals surface area contributed by atoms with Crippen molar-refractivity contribution >= 4 is 23.6 Å². The molecule has 0 heterocycles. The summed E-state index contributed by atoms with van der Waals surface area (Å²) < 4.78 is 0. The highest BCUT2D eigenvalue weighted by atomic mass is 32.2. The van der Waals surface area contributed by atoms with Crippen LogP contribution in [0.3, 0.4) is 0 Å². The van der Waals surface area contributed by atoms with Gasteiger partial charge in [-0.25, -0.2) is 0 Å². The fraction of sp³-hybridized carbons (Fsp3) is 0.867. The summed E-state index contributed by atoms with van der Waals surface area (Å²) in [5.41, 5.74) is 0. The first-order chi connectivity index (χ1) is 9.61. The van der Waals surface area contributed by atoms with Gasteiger partial charge in [0.1, 0.15) is 0 Å². The van der Waals surface area contributed by atoms with Crippen LogP contribution < -0.4 is 5.32 Å². The van der Waals surface area contributed by atoms with Crippen LogP contribution in [0.25, 0.3) is 0 Å². The molecule has 2 saturated carbocycles. The van der Waals surface area contributed by atoms with Gasteiger partial charge in [0.15, 0.2) is 0 Å². The van der Waals surface area contributed by atoms with E-state index in [1.54, 1.807) is 0 Å². The average Bonchev–Trinajstić information content (AvgIpc) is 2.86. The second-order valence-electron chi connectivity index (χ2n) is 5.93. The van der Waals surface area contributed by atoms with Crippen LogP contribution >= 0.6 is 11.8 Å². The van der Waals surface area contributed by atoms with Crippen LogP contribution in [0.15, 0.2) is 0 Å². The number of hydrogen-bond acceptors (Lipinski definition) is 3. The van der Waals surface area contributed by atoms with Crippen molar-refractivity contribution in [1.29, 1.82) is 0 Å². The minimum atomic E-state index is -0.810. The predicted molar refractivity (Wildman–Crippen MR) is 80.8 cm³/mol. The van der Waals surface area contributed by atoms with Gasteiger partial charge < -0.3 is 10.4 Å². The van der Waals surface area contributed by atoms with Crippen molar-refractivity contribution in [3.8, 4) is 0 Å². The van der Waals surface area contributed by atoms with E-state index in [9.17, 15) is 14.7 Å². The lowest BCUT2D eigenvalue weighted by molar-refractivity contribution is -0.149. The molecule has 114 valence electrons. The van der Waals surface area contributed by atoms with E-state index in [0.29, 0.717) is 11.7 Å². The lowest BCUT2D eigenvalue weighted by Crippen LogP contribution is -2.43. The summed E-state index contributed by atoms with van der Waals surface area (Å²) in [6, 6.07) is 0.253. The van der Waals surface area contributed by atoms with Crippen LogP contribution in [0.5, 0.6) is 0 Å². The maximum atomic E-state index is 12.4. The van der Waals surface area contributed by atoms with Crippen molar-refractivity contribution in [3.63, 3.8) is 0 Å². The van der Waals surface area contributed by atoms with Gasteiger partial charge >= 0.3 is 5.97 Å². The molecule has 0 aromatic carbocycles. The Hall–Kier alpha value is -0.710. The molecule has 0 spiro atoms. The topological polar surface area (TPSA) is 66.4 Å². The summed E-state index contributed by atoms with van der Waals surface area (Å²) in [6.45, 7) is 2.16. The number of aliphatic carboxylic acids is 1. The van der Waals surface area contributed by atoms with E-state index in [1.165, 1.54) is 0 Å². The summed E-state index contributed by atoms with van der Waals surface area (Å²) in [5.74, 6) is -0.514. The van der Waals surface area contributed by atoms with Crippen LogP contribution in [0.4, 0.5) is 0 Å². The number of hydrogen-bond donors (Lipinski definition) is 2. The maximum absolute atomic E-state index is 12.4. The van der Waals surface area contributed by atoms with Crippen LogP contribution in [-0.2, 0) is 9.59 Å². The number of carboxylic acid groups (broad SMARTS) is 1. The molecule has 4 atom stereocenters. The van der Waals surface area contributed by atoms with E-state index in [-0.39, 0.29) is 17.9 Å². The standard InChI is InChI=1S/C15H25NO3S/c1-2-20-11-8-7-10(9-11)16-14(17)12-5-3-4-6-13(12)15(18)19/h10-13H,2-9H2,1H3,(H,16,17)(H,18,19)/t10?,11?,12-,13+/m1/s1. The normalized spacial score (nSPS) is 33.9. The van der Waals surface area contributed by atoms with Gasteiger partial charge in [-0.15, -0.1) is 0 Å². The summed E-state index contributed by atoms with van der Waals surface area (Å²) in [6.07, 6.45) is 6.51. The summed E-state index contributed by atoms with van der Waals surface area (Å²) >= 11 is 1.97. The minimum absolute atomic E-state index is 0.0238. The van der Waals surface area contributed by atoms with Crippen molar-refractivity contribution in [3.05, 3.63) is 0 Å². The Labute approximate surface area is 125 Å². The first-order valence-corrected chi connectivity index (χ1v) is 8.81. The Balaban J connectivity index is 1.86. The minimum Gasteiger partial charge on any atom is -0.481 e. The van der Waals surface area contributed by atoms with Gasteiger partial charge in [0.25, 0.3) is 0 Å². The monoisotopic (exact) mass is 299 g/mol. The fourth-order valence-electron chi connectivity index (χ4n) is 3.51. The largest absolute Gasteiger partial charge is 0.481 e. The molecule has 0 saturated heterocycles. The molecule has 2 aliphatic carbocycles. The molecule has 0 aromatic heterocycles. The highest BCUT2D eigenvalue weighted by molar-refractivity contribution is 7.99. The predicted octanol–water partition coefficient (Wildman–Crippen LogP) is 2.67. The van der Waals surface area contributed by atoms with Gasteiger partial charge in [-0.1, -0.05) is 19.8 Å². The molecule has 2 fully saturated rings. The summed E-state index contributed by atoms with van der Waals surface area (Å²) in [5, 5.41) is 13.0. The molecule has 4 nitrogen and oxygen atoms in total. The van der Waals surface area contributed by atoms with Gasteiger partial charge in [0.2, 0.25) is 5.91 Å². The van der Waals surface area contributed by atoms with E-state index >= 15 is 0 Å². The zero-order valence-corrected chi connectivity index (χ0v) is 13.0. The smallest absolute Gasteiger partial charge is 0.307 e. The van der Waals surface area contributed by atoms with Gasteiger partial charge in [0, 0.05) is 11.3 Å². The molecule has 5 heteroatoms.